The van der Waals surface area contributed by atoms with Crippen LogP contribution in [0.2, 0.25) is 5.02 Å². The van der Waals surface area contributed by atoms with Gasteiger partial charge in [0.05, 0.1) is 10.6 Å². The van der Waals surface area contributed by atoms with Crippen LogP contribution in [0.3, 0.4) is 0 Å². The highest BCUT2D eigenvalue weighted by molar-refractivity contribution is 6.32. The molecule has 19 heavy (non-hydrogen) atoms. The average molecular weight is 276 g/mol. The average Bonchev–Trinajstić information content (AvgIpc) is 2.32. The Kier molecular flexibility index (Phi) is 3.71. The van der Waals surface area contributed by atoms with Crippen LogP contribution in [0.5, 0.6) is 11.6 Å². The van der Waals surface area contributed by atoms with Crippen molar-refractivity contribution in [2.45, 2.75) is 13.8 Å². The molecule has 5 heteroatoms. The highest BCUT2D eigenvalue weighted by Crippen LogP contribution is 2.30. The van der Waals surface area contributed by atoms with Crippen molar-refractivity contribution >= 4 is 17.4 Å². The molecule has 0 radical (unpaired) electrons. The van der Waals surface area contributed by atoms with E-state index in [2.05, 4.69) is 4.98 Å². The smallest absolute Gasteiger partial charge is 0.230 e. The summed E-state index contributed by atoms with van der Waals surface area (Å²) in [7, 11) is 0. The third-order valence-electron chi connectivity index (χ3n) is 2.58. The van der Waals surface area contributed by atoms with Crippen molar-refractivity contribution in [2.24, 2.45) is 5.73 Å². The van der Waals surface area contributed by atoms with E-state index in [1.165, 1.54) is 0 Å². The van der Waals surface area contributed by atoms with Gasteiger partial charge in [0.2, 0.25) is 5.88 Å². The Labute approximate surface area is 116 Å². The fourth-order valence-electron chi connectivity index (χ4n) is 1.61. The molecule has 0 saturated heterocycles. The molecule has 2 rings (SSSR count). The minimum absolute atomic E-state index is 0.0919. The van der Waals surface area contributed by atoms with Crippen molar-refractivity contribution in [3.63, 3.8) is 0 Å². The number of nitrogens with one attached hydrogen (secondary N) is 1. The summed E-state index contributed by atoms with van der Waals surface area (Å²) < 4.78 is 5.67. The minimum atomic E-state index is -0.0919. The van der Waals surface area contributed by atoms with E-state index in [-0.39, 0.29) is 5.84 Å². The van der Waals surface area contributed by atoms with Gasteiger partial charge < -0.3 is 10.5 Å². The first-order chi connectivity index (χ1) is 8.97. The topological polar surface area (TPSA) is 72.0 Å². The molecule has 0 aliphatic carbocycles. The first-order valence-corrected chi connectivity index (χ1v) is 6.11. The maximum Gasteiger partial charge on any atom is 0.230 e. The molecular formula is C14H14ClN3O. The van der Waals surface area contributed by atoms with E-state index >= 15 is 0 Å². The van der Waals surface area contributed by atoms with Crippen LogP contribution in [0.1, 0.15) is 16.8 Å². The summed E-state index contributed by atoms with van der Waals surface area (Å²) in [5.41, 5.74) is 7.78. The van der Waals surface area contributed by atoms with Crippen molar-refractivity contribution in [1.29, 1.82) is 5.41 Å². The Balaban J connectivity index is 2.42. The molecule has 1 aromatic heterocycles. The van der Waals surface area contributed by atoms with Gasteiger partial charge in [-0.1, -0.05) is 17.7 Å². The monoisotopic (exact) mass is 275 g/mol. The number of amidine groups is 1. The van der Waals surface area contributed by atoms with Gasteiger partial charge in [-0.15, -0.1) is 0 Å². The second-order valence-corrected chi connectivity index (χ2v) is 4.66. The van der Waals surface area contributed by atoms with Crippen molar-refractivity contribution < 1.29 is 4.74 Å². The number of benzene rings is 1. The standard InChI is InChI=1S/C14H14ClN3O/c1-8-3-6-12(11(15)7-8)19-14-10(13(16)17)5-4-9(2)18-14/h3-7H,1-2H3,(H3,16,17). The second-order valence-electron chi connectivity index (χ2n) is 4.25. The molecule has 0 saturated carbocycles. The van der Waals surface area contributed by atoms with Crippen LogP contribution >= 0.6 is 11.6 Å². The third-order valence-corrected chi connectivity index (χ3v) is 2.88. The Morgan fingerprint density at radius 2 is 2.00 bits per heavy atom. The highest BCUT2D eigenvalue weighted by atomic mass is 35.5. The fourth-order valence-corrected chi connectivity index (χ4v) is 1.88. The van der Waals surface area contributed by atoms with Crippen LogP contribution < -0.4 is 10.5 Å². The van der Waals surface area contributed by atoms with Crippen molar-refractivity contribution in [2.75, 3.05) is 0 Å². The minimum Gasteiger partial charge on any atom is -0.437 e. The number of nitrogens with two attached hydrogens (primary N) is 1. The van der Waals surface area contributed by atoms with Gasteiger partial charge in [-0.3, -0.25) is 5.41 Å². The molecule has 0 atom stereocenters. The number of hydrogen-bond acceptors (Lipinski definition) is 3. The zero-order valence-corrected chi connectivity index (χ0v) is 11.5. The molecule has 4 nitrogen and oxygen atoms in total. The lowest BCUT2D eigenvalue weighted by Crippen LogP contribution is -2.13. The van der Waals surface area contributed by atoms with Crippen LogP contribution in [0.4, 0.5) is 0 Å². The summed E-state index contributed by atoms with van der Waals surface area (Å²) in [5.74, 6) is 0.692. The van der Waals surface area contributed by atoms with Gasteiger partial charge in [0.25, 0.3) is 0 Å². The predicted octanol–water partition coefficient (Wildman–Crippen LogP) is 3.43. The lowest BCUT2D eigenvalue weighted by Gasteiger charge is -2.11. The summed E-state index contributed by atoms with van der Waals surface area (Å²) in [5, 5.41) is 8.02. The number of hydrogen-bond donors (Lipinski definition) is 2. The molecule has 0 spiro atoms. The predicted molar refractivity (Wildman–Crippen MR) is 76.3 cm³/mol. The number of nitrogens with zero attached hydrogens (tertiary/aromatic N) is 1. The molecular weight excluding hydrogens is 262 g/mol. The van der Waals surface area contributed by atoms with Gasteiger partial charge in [-0.2, -0.15) is 0 Å². The molecule has 1 heterocycles. The van der Waals surface area contributed by atoms with E-state index < -0.39 is 0 Å². The number of nitrogen functional groups attached to an aromatic ring is 1. The Hall–Kier alpha value is -2.07. The molecule has 0 unspecified atom stereocenters. The highest BCUT2D eigenvalue weighted by Gasteiger charge is 2.11. The summed E-state index contributed by atoms with van der Waals surface area (Å²) in [6.45, 7) is 3.79. The lowest BCUT2D eigenvalue weighted by atomic mass is 10.2. The van der Waals surface area contributed by atoms with Gasteiger partial charge in [0.15, 0.2) is 0 Å². The van der Waals surface area contributed by atoms with Crippen molar-refractivity contribution in [3.8, 4) is 11.6 Å². The van der Waals surface area contributed by atoms with Crippen LogP contribution in [0.25, 0.3) is 0 Å². The molecule has 0 aliphatic heterocycles. The zero-order valence-electron chi connectivity index (χ0n) is 10.7. The SMILES string of the molecule is Cc1ccc(Oc2nc(C)ccc2C(=N)N)c(Cl)c1. The Bertz CT molecular complexity index is 641. The summed E-state index contributed by atoms with van der Waals surface area (Å²) in [6.07, 6.45) is 0. The molecule has 98 valence electrons. The van der Waals surface area contributed by atoms with Gasteiger partial charge in [-0.05, 0) is 43.7 Å². The molecule has 3 N–H and O–H groups in total. The van der Waals surface area contributed by atoms with Crippen LogP contribution in [0.15, 0.2) is 30.3 Å². The van der Waals surface area contributed by atoms with Gasteiger partial charge >= 0.3 is 0 Å². The van der Waals surface area contributed by atoms with E-state index in [1.54, 1.807) is 24.3 Å². The van der Waals surface area contributed by atoms with Gasteiger partial charge in [0, 0.05) is 5.69 Å². The maximum absolute atomic E-state index is 7.53. The molecule has 0 aliphatic rings. The summed E-state index contributed by atoms with van der Waals surface area (Å²) >= 11 is 6.11. The number of aryl methyl sites for hydroxylation is 2. The van der Waals surface area contributed by atoms with E-state index in [0.717, 1.165) is 11.3 Å². The normalized spacial score (nSPS) is 10.3. The lowest BCUT2D eigenvalue weighted by molar-refractivity contribution is 0.460. The number of rotatable bonds is 3. The molecule has 0 fully saturated rings. The molecule has 2 aromatic rings. The van der Waals surface area contributed by atoms with Gasteiger partial charge in [-0.25, -0.2) is 4.98 Å². The fraction of sp³-hybridized carbons (Fsp3) is 0.143. The van der Waals surface area contributed by atoms with E-state index in [4.69, 9.17) is 27.5 Å². The van der Waals surface area contributed by atoms with Crippen LogP contribution in [0, 0.1) is 19.3 Å². The van der Waals surface area contributed by atoms with Crippen LogP contribution in [-0.2, 0) is 0 Å². The van der Waals surface area contributed by atoms with E-state index in [0.29, 0.717) is 22.2 Å². The number of aromatic nitrogens is 1. The second kappa shape index (κ2) is 5.28. The molecule has 0 bridgehead atoms. The molecule has 0 amide bonds. The Morgan fingerprint density at radius 3 is 2.63 bits per heavy atom. The third kappa shape index (κ3) is 3.03. The summed E-state index contributed by atoms with van der Waals surface area (Å²) in [6, 6.07) is 8.96. The Morgan fingerprint density at radius 1 is 1.26 bits per heavy atom. The van der Waals surface area contributed by atoms with Crippen LogP contribution in [-0.4, -0.2) is 10.8 Å². The molecule has 1 aromatic carbocycles. The number of pyridine rings is 1. The number of halogens is 1. The van der Waals surface area contributed by atoms with Gasteiger partial charge in [0.1, 0.15) is 11.6 Å². The maximum atomic E-state index is 7.53. The largest absolute Gasteiger partial charge is 0.437 e. The van der Waals surface area contributed by atoms with Crippen molar-refractivity contribution in [1.82, 2.24) is 4.98 Å². The van der Waals surface area contributed by atoms with E-state index in [9.17, 15) is 0 Å². The van der Waals surface area contributed by atoms with Crippen molar-refractivity contribution in [3.05, 3.63) is 52.2 Å². The first kappa shape index (κ1) is 13.4. The first-order valence-electron chi connectivity index (χ1n) is 5.73. The number of ether oxygens (including phenoxy) is 1. The zero-order chi connectivity index (χ0) is 14.0. The van der Waals surface area contributed by atoms with E-state index in [1.807, 2.05) is 19.9 Å². The quantitative estimate of drug-likeness (QED) is 0.666. The summed E-state index contributed by atoms with van der Waals surface area (Å²) in [4.78, 5) is 4.25.